The van der Waals surface area contributed by atoms with Crippen LogP contribution in [-0.4, -0.2) is 57.9 Å². The number of rotatable bonds is 9. The molecule has 0 spiro atoms. The molecule has 1 aromatic carbocycles. The van der Waals surface area contributed by atoms with Gasteiger partial charge < -0.3 is 19.7 Å². The Kier molecular flexibility index (Phi) is 9.86. The van der Waals surface area contributed by atoms with Gasteiger partial charge in [-0.15, -0.1) is 0 Å². The van der Waals surface area contributed by atoms with Crippen molar-refractivity contribution in [3.05, 3.63) is 34.3 Å². The summed E-state index contributed by atoms with van der Waals surface area (Å²) >= 11 is 3.45. The maximum absolute atomic E-state index is 5.43. The van der Waals surface area contributed by atoms with Gasteiger partial charge in [0.15, 0.2) is 5.96 Å². The summed E-state index contributed by atoms with van der Waals surface area (Å²) in [5.74, 6) is 0.890. The van der Waals surface area contributed by atoms with E-state index in [0.717, 1.165) is 23.5 Å². The van der Waals surface area contributed by atoms with Gasteiger partial charge in [-0.25, -0.2) is 0 Å². The van der Waals surface area contributed by atoms with Crippen molar-refractivity contribution in [3.63, 3.8) is 0 Å². The zero-order valence-corrected chi connectivity index (χ0v) is 15.2. The first-order valence-electron chi connectivity index (χ1n) is 7.48. The van der Waals surface area contributed by atoms with Crippen molar-refractivity contribution in [2.75, 3.05) is 47.1 Å². The van der Waals surface area contributed by atoms with E-state index in [-0.39, 0.29) is 0 Å². The topological polar surface area (TPSA) is 46.1 Å². The number of guanidine groups is 1. The van der Waals surface area contributed by atoms with Crippen LogP contribution in [0.3, 0.4) is 0 Å². The van der Waals surface area contributed by atoms with Crippen molar-refractivity contribution < 1.29 is 9.47 Å². The van der Waals surface area contributed by atoms with Gasteiger partial charge in [0.25, 0.3) is 0 Å². The van der Waals surface area contributed by atoms with E-state index in [1.165, 1.54) is 5.56 Å². The summed E-state index contributed by atoms with van der Waals surface area (Å²) in [6, 6.07) is 8.32. The van der Waals surface area contributed by atoms with E-state index in [4.69, 9.17) is 9.47 Å². The van der Waals surface area contributed by atoms with Crippen LogP contribution in [0.1, 0.15) is 12.5 Å². The number of hydrogen-bond donors (Lipinski definition) is 1. The van der Waals surface area contributed by atoms with Crippen molar-refractivity contribution in [3.8, 4) is 0 Å². The zero-order valence-electron chi connectivity index (χ0n) is 13.6. The van der Waals surface area contributed by atoms with Crippen LogP contribution in [0, 0.1) is 0 Å². The summed E-state index contributed by atoms with van der Waals surface area (Å²) in [6.45, 7) is 6.18. The summed E-state index contributed by atoms with van der Waals surface area (Å²) in [5.41, 5.74) is 1.24. The van der Waals surface area contributed by atoms with E-state index in [1.807, 2.05) is 7.05 Å². The standard InChI is InChI=1S/C16H26BrN3O2/c1-4-18-16(19-9-10-22-12-11-21-3)20(2)13-14-5-7-15(17)8-6-14/h5-8H,4,9-13H2,1-3H3,(H,18,19). The van der Waals surface area contributed by atoms with E-state index < -0.39 is 0 Å². The van der Waals surface area contributed by atoms with Crippen LogP contribution in [0.2, 0.25) is 0 Å². The van der Waals surface area contributed by atoms with Crippen molar-refractivity contribution in [1.29, 1.82) is 0 Å². The molecule has 0 aliphatic rings. The second-order valence-corrected chi connectivity index (χ2v) is 5.74. The third-order valence-electron chi connectivity index (χ3n) is 2.96. The normalized spacial score (nSPS) is 11.5. The highest BCUT2D eigenvalue weighted by Crippen LogP contribution is 2.11. The summed E-state index contributed by atoms with van der Waals surface area (Å²) in [4.78, 5) is 6.69. The molecule has 0 aliphatic heterocycles. The first-order valence-corrected chi connectivity index (χ1v) is 8.27. The number of nitrogens with one attached hydrogen (secondary N) is 1. The van der Waals surface area contributed by atoms with Gasteiger partial charge in [0.2, 0.25) is 0 Å². The molecule has 0 saturated carbocycles. The number of halogens is 1. The van der Waals surface area contributed by atoms with Gasteiger partial charge in [-0.3, -0.25) is 4.99 Å². The van der Waals surface area contributed by atoms with Gasteiger partial charge in [0.1, 0.15) is 0 Å². The minimum atomic E-state index is 0.602. The summed E-state index contributed by atoms with van der Waals surface area (Å²) < 4.78 is 11.5. The highest BCUT2D eigenvalue weighted by Gasteiger charge is 2.06. The molecule has 5 nitrogen and oxygen atoms in total. The van der Waals surface area contributed by atoms with Gasteiger partial charge in [-0.2, -0.15) is 0 Å². The Morgan fingerprint density at radius 1 is 1.23 bits per heavy atom. The summed E-state index contributed by atoms with van der Waals surface area (Å²) in [6.07, 6.45) is 0. The van der Waals surface area contributed by atoms with Gasteiger partial charge in [-0.05, 0) is 24.6 Å². The maximum Gasteiger partial charge on any atom is 0.194 e. The van der Waals surface area contributed by atoms with E-state index >= 15 is 0 Å². The van der Waals surface area contributed by atoms with E-state index in [1.54, 1.807) is 7.11 Å². The predicted molar refractivity (Wildman–Crippen MR) is 94.3 cm³/mol. The smallest absolute Gasteiger partial charge is 0.194 e. The Hall–Kier alpha value is -1.11. The second-order valence-electron chi connectivity index (χ2n) is 4.82. The number of nitrogens with zero attached hydrogens (tertiary/aromatic N) is 2. The molecule has 1 rings (SSSR count). The molecule has 0 aliphatic carbocycles. The van der Waals surface area contributed by atoms with Crippen molar-refractivity contribution in [1.82, 2.24) is 10.2 Å². The largest absolute Gasteiger partial charge is 0.382 e. The Balaban J connectivity index is 2.47. The molecule has 1 aromatic rings. The molecule has 0 unspecified atom stereocenters. The number of hydrogen-bond acceptors (Lipinski definition) is 3. The van der Waals surface area contributed by atoms with E-state index in [0.29, 0.717) is 26.4 Å². The molecule has 0 fully saturated rings. The van der Waals surface area contributed by atoms with Gasteiger partial charge in [0.05, 0.1) is 26.4 Å². The van der Waals surface area contributed by atoms with Crippen LogP contribution < -0.4 is 5.32 Å². The molecule has 6 heteroatoms. The lowest BCUT2D eigenvalue weighted by atomic mass is 10.2. The zero-order chi connectivity index (χ0) is 16.2. The molecule has 0 aromatic heterocycles. The fourth-order valence-electron chi connectivity index (χ4n) is 1.87. The van der Waals surface area contributed by atoms with Gasteiger partial charge >= 0.3 is 0 Å². The van der Waals surface area contributed by atoms with E-state index in [2.05, 4.69) is 62.3 Å². The third kappa shape index (κ3) is 7.77. The molecule has 0 bridgehead atoms. The number of aliphatic imine (C=N–C) groups is 1. The first kappa shape index (κ1) is 18.9. The molecule has 0 heterocycles. The van der Waals surface area contributed by atoms with E-state index in [9.17, 15) is 0 Å². The summed E-state index contributed by atoms with van der Waals surface area (Å²) in [5, 5.41) is 3.30. The van der Waals surface area contributed by atoms with Crippen LogP contribution in [0.15, 0.2) is 33.7 Å². The molecule has 0 atom stereocenters. The van der Waals surface area contributed by atoms with Crippen molar-refractivity contribution in [2.24, 2.45) is 4.99 Å². The minimum Gasteiger partial charge on any atom is -0.382 e. The van der Waals surface area contributed by atoms with Crippen molar-refractivity contribution in [2.45, 2.75) is 13.5 Å². The average molecular weight is 372 g/mol. The number of methoxy groups -OCH3 is 1. The molecule has 1 N–H and O–H groups in total. The number of benzene rings is 1. The number of ether oxygens (including phenoxy) is 2. The Morgan fingerprint density at radius 2 is 1.95 bits per heavy atom. The molecular formula is C16H26BrN3O2. The SMILES string of the molecule is CCNC(=NCCOCCOC)N(C)Cc1ccc(Br)cc1. The highest BCUT2D eigenvalue weighted by atomic mass is 79.9. The molecule has 0 saturated heterocycles. The quantitative estimate of drug-likeness (QED) is 0.411. The van der Waals surface area contributed by atoms with Crippen LogP contribution in [-0.2, 0) is 16.0 Å². The lowest BCUT2D eigenvalue weighted by Crippen LogP contribution is -2.38. The predicted octanol–water partition coefficient (Wildman–Crippen LogP) is 2.51. The molecule has 0 radical (unpaired) electrons. The van der Waals surface area contributed by atoms with Crippen molar-refractivity contribution >= 4 is 21.9 Å². The third-order valence-corrected chi connectivity index (χ3v) is 3.49. The molecule has 124 valence electrons. The van der Waals surface area contributed by atoms with Crippen LogP contribution in [0.5, 0.6) is 0 Å². The average Bonchev–Trinajstić information content (AvgIpc) is 2.51. The molecule has 22 heavy (non-hydrogen) atoms. The van der Waals surface area contributed by atoms with Crippen LogP contribution >= 0.6 is 15.9 Å². The van der Waals surface area contributed by atoms with Crippen LogP contribution in [0.4, 0.5) is 0 Å². The Bertz CT molecular complexity index is 438. The van der Waals surface area contributed by atoms with Gasteiger partial charge in [0, 0.05) is 31.7 Å². The van der Waals surface area contributed by atoms with Crippen LogP contribution in [0.25, 0.3) is 0 Å². The monoisotopic (exact) mass is 371 g/mol. The second kappa shape index (κ2) is 11.5. The summed E-state index contributed by atoms with van der Waals surface area (Å²) in [7, 11) is 3.71. The van der Waals surface area contributed by atoms with Gasteiger partial charge in [-0.1, -0.05) is 28.1 Å². The fourth-order valence-corrected chi connectivity index (χ4v) is 2.13. The Morgan fingerprint density at radius 3 is 2.59 bits per heavy atom. The highest BCUT2D eigenvalue weighted by molar-refractivity contribution is 9.10. The lowest BCUT2D eigenvalue weighted by Gasteiger charge is -2.22. The minimum absolute atomic E-state index is 0.602. The fraction of sp³-hybridized carbons (Fsp3) is 0.562. The Labute approximate surface area is 141 Å². The lowest BCUT2D eigenvalue weighted by molar-refractivity contribution is 0.0747. The molecule has 0 amide bonds. The first-order chi connectivity index (χ1) is 10.7. The molecular weight excluding hydrogens is 346 g/mol. The maximum atomic E-state index is 5.43.